The number of carbonyl (C=O) groups is 2. The van der Waals surface area contributed by atoms with Gasteiger partial charge >= 0.3 is 5.97 Å². The minimum Gasteiger partial charge on any atom is -0.480 e. The minimum atomic E-state index is -2.23. The second kappa shape index (κ2) is 6.63. The molecule has 1 heterocycles. The topological polar surface area (TPSA) is 105 Å². The van der Waals surface area contributed by atoms with E-state index >= 15 is 0 Å². The summed E-state index contributed by atoms with van der Waals surface area (Å²) in [4.78, 5) is 23.7. The predicted octanol–water partition coefficient (Wildman–Crippen LogP) is 1.62. The Morgan fingerprint density at radius 2 is 1.91 bits per heavy atom. The molecule has 0 bridgehead atoms. The zero-order chi connectivity index (χ0) is 16.3. The van der Waals surface area contributed by atoms with Gasteiger partial charge in [-0.3, -0.25) is 4.79 Å². The Bertz CT molecular complexity index is 590. The highest BCUT2D eigenvalue weighted by atomic mass is 31.1. The van der Waals surface area contributed by atoms with E-state index in [9.17, 15) is 19.3 Å². The molecule has 0 saturated carbocycles. The van der Waals surface area contributed by atoms with Crippen LogP contribution in [0.1, 0.15) is 25.8 Å². The second-order valence-electron chi connectivity index (χ2n) is 6.02. The first-order chi connectivity index (χ1) is 10.3. The molecule has 0 radical (unpaired) electrons. The maximum atomic E-state index is 12.4. The average Bonchev–Trinajstić information content (AvgIpc) is 3.09. The third kappa shape index (κ3) is 3.76. The second-order valence-corrected chi connectivity index (χ2v) is 7.78. The first-order valence-corrected chi connectivity index (χ1v) is 8.66. The van der Waals surface area contributed by atoms with Gasteiger partial charge in [0.05, 0.1) is 0 Å². The van der Waals surface area contributed by atoms with Gasteiger partial charge in [-0.2, -0.15) is 0 Å². The summed E-state index contributed by atoms with van der Waals surface area (Å²) in [5, 5.41) is 13.3. The Kier molecular flexibility index (Phi) is 5.04. The summed E-state index contributed by atoms with van der Waals surface area (Å²) in [5.41, 5.74) is 0.886. The highest BCUT2D eigenvalue weighted by Crippen LogP contribution is 2.53. The SMILES string of the molecule is CC(C)C[C@H](NC(=O)[C@]1(Cc2ccccc2)N[PH]1=O)C(=O)O. The minimum absolute atomic E-state index is 0.135. The van der Waals surface area contributed by atoms with Gasteiger partial charge in [0, 0.05) is 6.42 Å². The lowest BCUT2D eigenvalue weighted by molar-refractivity contribution is -0.142. The van der Waals surface area contributed by atoms with Crippen LogP contribution >= 0.6 is 7.95 Å². The molecule has 3 atom stereocenters. The number of carboxylic acid groups (broad SMARTS) is 1. The van der Waals surface area contributed by atoms with Crippen molar-refractivity contribution >= 4 is 19.8 Å². The molecule has 1 aliphatic rings. The van der Waals surface area contributed by atoms with E-state index in [1.54, 1.807) is 0 Å². The fraction of sp³-hybridized carbons (Fsp3) is 0.467. The Morgan fingerprint density at radius 1 is 1.32 bits per heavy atom. The van der Waals surface area contributed by atoms with E-state index in [1.807, 2.05) is 44.2 Å². The van der Waals surface area contributed by atoms with E-state index in [1.165, 1.54) is 0 Å². The summed E-state index contributed by atoms with van der Waals surface area (Å²) in [6.45, 7) is 3.78. The fourth-order valence-corrected chi connectivity index (χ4v) is 3.73. The maximum absolute atomic E-state index is 12.4. The van der Waals surface area contributed by atoms with Crippen LogP contribution in [0, 0.1) is 5.92 Å². The molecular weight excluding hydrogens is 303 g/mol. The van der Waals surface area contributed by atoms with Crippen molar-refractivity contribution in [3.63, 3.8) is 0 Å². The molecule has 0 aromatic heterocycles. The standard InChI is InChI=1S/C15H21N2O4P/c1-10(2)8-12(13(18)19)16-14(20)15(17-22(15)21)9-11-6-4-3-5-7-11/h3-7,10,12,22H,8-9H2,1-2H3,(H,16,20)(H,17,21)(H,18,19)/t12-,15+/m0/s1. The highest BCUT2D eigenvalue weighted by molar-refractivity contribution is 7.54. The van der Waals surface area contributed by atoms with Crippen molar-refractivity contribution in [2.45, 2.75) is 38.0 Å². The zero-order valence-electron chi connectivity index (χ0n) is 12.6. The quantitative estimate of drug-likeness (QED) is 0.522. The van der Waals surface area contributed by atoms with Gasteiger partial charge in [-0.05, 0) is 17.9 Å². The van der Waals surface area contributed by atoms with Gasteiger partial charge in [0.25, 0.3) is 0 Å². The van der Waals surface area contributed by atoms with E-state index in [2.05, 4.69) is 10.4 Å². The van der Waals surface area contributed by atoms with Crippen LogP contribution in [0.5, 0.6) is 0 Å². The summed E-state index contributed by atoms with van der Waals surface area (Å²) < 4.78 is 11.9. The van der Waals surface area contributed by atoms with Gasteiger partial charge in [-0.1, -0.05) is 44.2 Å². The molecule has 0 spiro atoms. The zero-order valence-corrected chi connectivity index (χ0v) is 13.6. The summed E-state index contributed by atoms with van der Waals surface area (Å²) in [7, 11) is -2.23. The van der Waals surface area contributed by atoms with Crippen molar-refractivity contribution in [1.82, 2.24) is 10.4 Å². The molecule has 1 saturated heterocycles. The van der Waals surface area contributed by atoms with Crippen LogP contribution in [0.3, 0.4) is 0 Å². The molecule has 1 aliphatic heterocycles. The summed E-state index contributed by atoms with van der Waals surface area (Å²) in [6, 6.07) is 8.30. The first kappa shape index (κ1) is 16.7. The molecule has 120 valence electrons. The molecule has 7 heteroatoms. The van der Waals surface area contributed by atoms with Crippen molar-refractivity contribution in [2.24, 2.45) is 5.92 Å². The lowest BCUT2D eigenvalue weighted by atomic mass is 10.0. The van der Waals surface area contributed by atoms with E-state index in [0.29, 0.717) is 12.8 Å². The van der Waals surface area contributed by atoms with Crippen LogP contribution in [0.2, 0.25) is 0 Å². The van der Waals surface area contributed by atoms with Crippen LogP contribution in [-0.4, -0.2) is 28.3 Å². The number of hydrogen-bond acceptors (Lipinski definition) is 3. The number of carbonyl (C=O) groups excluding carboxylic acids is 1. The molecule has 3 N–H and O–H groups in total. The van der Waals surface area contributed by atoms with E-state index in [0.717, 1.165) is 5.56 Å². The van der Waals surface area contributed by atoms with Crippen molar-refractivity contribution in [1.29, 1.82) is 0 Å². The number of benzene rings is 1. The average molecular weight is 324 g/mol. The van der Waals surface area contributed by atoms with Gasteiger partial charge < -0.3 is 15.0 Å². The van der Waals surface area contributed by atoms with E-state index in [-0.39, 0.29) is 5.92 Å². The molecule has 1 fully saturated rings. The largest absolute Gasteiger partial charge is 0.480 e. The fourth-order valence-electron chi connectivity index (χ4n) is 2.40. The Morgan fingerprint density at radius 3 is 2.36 bits per heavy atom. The number of aliphatic carboxylic acids is 1. The van der Waals surface area contributed by atoms with Gasteiger partial charge in [0.1, 0.15) is 6.04 Å². The summed E-state index contributed by atoms with van der Waals surface area (Å²) in [5.74, 6) is -1.43. The number of amides is 1. The number of carboxylic acids is 1. The van der Waals surface area contributed by atoms with Crippen LogP contribution in [0.25, 0.3) is 0 Å². The van der Waals surface area contributed by atoms with Crippen LogP contribution in [0.15, 0.2) is 30.3 Å². The van der Waals surface area contributed by atoms with Gasteiger partial charge in [-0.25, -0.2) is 9.88 Å². The van der Waals surface area contributed by atoms with Crippen molar-refractivity contribution < 1.29 is 19.3 Å². The lowest BCUT2D eigenvalue weighted by Gasteiger charge is -2.19. The summed E-state index contributed by atoms with van der Waals surface area (Å²) >= 11 is 0. The van der Waals surface area contributed by atoms with E-state index < -0.39 is 31.2 Å². The van der Waals surface area contributed by atoms with Gasteiger partial charge in [0.2, 0.25) is 5.91 Å². The van der Waals surface area contributed by atoms with Gasteiger partial charge in [-0.15, -0.1) is 0 Å². The molecular formula is C15H21N2O4P. The third-order valence-electron chi connectivity index (χ3n) is 3.66. The normalized spacial score (nSPS) is 24.8. The Balaban J connectivity index is 2.09. The Labute approximate surface area is 130 Å². The number of hydrogen-bond donors (Lipinski definition) is 3. The van der Waals surface area contributed by atoms with Crippen molar-refractivity contribution in [3.05, 3.63) is 35.9 Å². The molecule has 2 rings (SSSR count). The van der Waals surface area contributed by atoms with Crippen LogP contribution in [0.4, 0.5) is 0 Å². The smallest absolute Gasteiger partial charge is 0.326 e. The molecule has 6 nitrogen and oxygen atoms in total. The predicted molar refractivity (Wildman–Crippen MR) is 84.0 cm³/mol. The molecule has 0 aliphatic carbocycles. The number of rotatable bonds is 7. The Hall–Kier alpha value is -1.65. The molecule has 1 aromatic carbocycles. The summed E-state index contributed by atoms with van der Waals surface area (Å²) in [6.07, 6.45) is 0.634. The molecule has 22 heavy (non-hydrogen) atoms. The van der Waals surface area contributed by atoms with E-state index in [4.69, 9.17) is 0 Å². The third-order valence-corrected chi connectivity index (χ3v) is 5.37. The van der Waals surface area contributed by atoms with Crippen LogP contribution in [-0.2, 0) is 20.6 Å². The molecule has 1 amide bonds. The van der Waals surface area contributed by atoms with Crippen LogP contribution < -0.4 is 10.4 Å². The lowest BCUT2D eigenvalue weighted by Crippen LogP contribution is -2.48. The first-order valence-electron chi connectivity index (χ1n) is 7.25. The highest BCUT2D eigenvalue weighted by Gasteiger charge is 2.58. The molecule has 1 aromatic rings. The maximum Gasteiger partial charge on any atom is 0.326 e. The number of nitrogens with one attached hydrogen (secondary N) is 2. The molecule has 1 unspecified atom stereocenters. The monoisotopic (exact) mass is 324 g/mol. The van der Waals surface area contributed by atoms with Gasteiger partial charge in [0.15, 0.2) is 13.2 Å². The van der Waals surface area contributed by atoms with Crippen molar-refractivity contribution in [3.8, 4) is 0 Å². The van der Waals surface area contributed by atoms with Crippen molar-refractivity contribution in [2.75, 3.05) is 0 Å².